The lowest BCUT2D eigenvalue weighted by Crippen LogP contribution is -2.15. The third-order valence-electron chi connectivity index (χ3n) is 4.15. The average molecular weight is 411 g/mol. The van der Waals surface area contributed by atoms with Crippen molar-refractivity contribution < 1.29 is 22.9 Å². The summed E-state index contributed by atoms with van der Waals surface area (Å²) in [6.45, 7) is 3.69. The van der Waals surface area contributed by atoms with Crippen molar-refractivity contribution in [3.63, 3.8) is 0 Å². The Labute approximate surface area is 167 Å². The molecule has 0 aliphatic heterocycles. The molecular weight excluding hydrogens is 394 g/mol. The highest BCUT2D eigenvalue weighted by Gasteiger charge is 2.31. The van der Waals surface area contributed by atoms with Gasteiger partial charge < -0.3 is 4.74 Å². The predicted octanol–water partition coefficient (Wildman–Crippen LogP) is 4.26. The summed E-state index contributed by atoms with van der Waals surface area (Å²) in [6.07, 6.45) is 0. The van der Waals surface area contributed by atoms with Gasteiger partial charge in [-0.05, 0) is 55.3 Å². The highest BCUT2D eigenvalue weighted by Crippen LogP contribution is 2.31. The lowest BCUT2D eigenvalue weighted by molar-refractivity contribution is -0.387. The molecule has 8 heteroatoms. The molecule has 148 valence electrons. The van der Waals surface area contributed by atoms with Crippen LogP contribution in [0.15, 0.2) is 76.5 Å². The van der Waals surface area contributed by atoms with Crippen molar-refractivity contribution in [3.8, 4) is 5.75 Å². The summed E-state index contributed by atoms with van der Waals surface area (Å²) < 4.78 is 31.6. The van der Waals surface area contributed by atoms with E-state index in [9.17, 15) is 23.3 Å². The normalized spacial score (nSPS) is 11.1. The van der Waals surface area contributed by atoms with Gasteiger partial charge in [-0.1, -0.05) is 30.3 Å². The Morgan fingerprint density at radius 3 is 2.07 bits per heavy atom. The van der Waals surface area contributed by atoms with E-state index in [4.69, 9.17) is 4.74 Å². The average Bonchev–Trinajstić information content (AvgIpc) is 2.67. The van der Waals surface area contributed by atoms with E-state index >= 15 is 0 Å². The molecule has 0 N–H and O–H groups in total. The smallest absolute Gasteiger partial charge is 0.344 e. The maximum absolute atomic E-state index is 13.1. The number of sulfone groups is 1. The van der Waals surface area contributed by atoms with Gasteiger partial charge in [0.15, 0.2) is 0 Å². The quantitative estimate of drug-likeness (QED) is 0.269. The van der Waals surface area contributed by atoms with E-state index in [0.717, 1.165) is 23.3 Å². The molecule has 0 aromatic heterocycles. The molecule has 7 nitrogen and oxygen atoms in total. The second-order valence-corrected chi connectivity index (χ2v) is 8.32. The Bertz CT molecular complexity index is 1200. The molecule has 0 heterocycles. The van der Waals surface area contributed by atoms with Gasteiger partial charge in [0.05, 0.1) is 15.4 Å². The molecular formula is C21H17NO6S. The molecule has 0 aliphatic rings. The molecule has 3 aromatic rings. The second-order valence-electron chi connectivity index (χ2n) is 6.44. The molecule has 0 fully saturated rings. The SMILES string of the molecule is Cc1cc(C)cc(OC(=O)c2ccccc2S(=O)(=O)c2ccccc2[N+](=O)[O-])c1. The number of nitro groups is 1. The van der Waals surface area contributed by atoms with Crippen molar-refractivity contribution in [2.24, 2.45) is 0 Å². The van der Waals surface area contributed by atoms with Crippen molar-refractivity contribution in [1.82, 2.24) is 0 Å². The maximum atomic E-state index is 13.1. The van der Waals surface area contributed by atoms with Crippen LogP contribution in [-0.4, -0.2) is 19.3 Å². The number of hydrogen-bond donors (Lipinski definition) is 0. The zero-order valence-corrected chi connectivity index (χ0v) is 16.5. The van der Waals surface area contributed by atoms with E-state index in [1.807, 2.05) is 19.9 Å². The number of carbonyl (C=O) groups is 1. The van der Waals surface area contributed by atoms with E-state index in [2.05, 4.69) is 0 Å². The minimum absolute atomic E-state index is 0.204. The number of ether oxygens (including phenoxy) is 1. The summed E-state index contributed by atoms with van der Waals surface area (Å²) in [5.74, 6) is -0.585. The lowest BCUT2D eigenvalue weighted by Gasteiger charge is -2.11. The van der Waals surface area contributed by atoms with Gasteiger partial charge in [0, 0.05) is 6.07 Å². The van der Waals surface area contributed by atoms with Crippen LogP contribution in [0.3, 0.4) is 0 Å². The van der Waals surface area contributed by atoms with Gasteiger partial charge in [-0.2, -0.15) is 0 Å². The van der Waals surface area contributed by atoms with E-state index in [1.165, 1.54) is 36.4 Å². The fraction of sp³-hybridized carbons (Fsp3) is 0.0952. The molecule has 29 heavy (non-hydrogen) atoms. The molecule has 0 saturated heterocycles. The Kier molecular flexibility index (Phi) is 5.47. The third-order valence-corrected chi connectivity index (χ3v) is 6.01. The zero-order chi connectivity index (χ0) is 21.2. The van der Waals surface area contributed by atoms with Gasteiger partial charge in [0.1, 0.15) is 10.6 Å². The number of para-hydroxylation sites is 1. The minimum atomic E-state index is -4.34. The van der Waals surface area contributed by atoms with Crippen LogP contribution >= 0.6 is 0 Å². The van der Waals surface area contributed by atoms with E-state index in [-0.39, 0.29) is 16.2 Å². The zero-order valence-electron chi connectivity index (χ0n) is 15.7. The molecule has 0 atom stereocenters. The number of nitro benzene ring substituents is 1. The third kappa shape index (κ3) is 4.17. The first-order valence-corrected chi connectivity index (χ1v) is 10.1. The van der Waals surface area contributed by atoms with Crippen molar-refractivity contribution >= 4 is 21.5 Å². The van der Waals surface area contributed by atoms with Gasteiger partial charge in [-0.25, -0.2) is 13.2 Å². The van der Waals surface area contributed by atoms with Crippen LogP contribution in [0.25, 0.3) is 0 Å². The highest BCUT2D eigenvalue weighted by atomic mass is 32.2. The van der Waals surface area contributed by atoms with E-state index in [0.29, 0.717) is 0 Å². The number of nitrogens with zero attached hydrogens (tertiary/aromatic N) is 1. The predicted molar refractivity (Wildman–Crippen MR) is 106 cm³/mol. The highest BCUT2D eigenvalue weighted by molar-refractivity contribution is 7.91. The van der Waals surface area contributed by atoms with Crippen LogP contribution in [0, 0.1) is 24.0 Å². The van der Waals surface area contributed by atoms with Crippen LogP contribution < -0.4 is 4.74 Å². The standard InChI is InChI=1S/C21H17NO6S/c1-14-11-15(2)13-16(12-14)28-21(23)17-7-3-5-9-19(17)29(26,27)20-10-6-4-8-18(20)22(24)25/h3-13H,1-2H3. The fourth-order valence-corrected chi connectivity index (χ4v) is 4.59. The molecule has 0 amide bonds. The topological polar surface area (TPSA) is 104 Å². The number of esters is 1. The van der Waals surface area contributed by atoms with Gasteiger partial charge in [0.2, 0.25) is 9.84 Å². The second kappa shape index (κ2) is 7.84. The number of carbonyl (C=O) groups excluding carboxylic acids is 1. The summed E-state index contributed by atoms with van der Waals surface area (Å²) in [7, 11) is -4.34. The molecule has 0 saturated carbocycles. The Morgan fingerprint density at radius 1 is 0.897 bits per heavy atom. The summed E-state index contributed by atoms with van der Waals surface area (Å²) in [6, 6.07) is 15.7. The molecule has 0 spiro atoms. The van der Waals surface area contributed by atoms with Gasteiger partial charge in [-0.3, -0.25) is 10.1 Å². The molecule has 0 radical (unpaired) electrons. The van der Waals surface area contributed by atoms with Crippen LogP contribution in [-0.2, 0) is 9.84 Å². The van der Waals surface area contributed by atoms with Crippen molar-refractivity contribution in [2.75, 3.05) is 0 Å². The van der Waals surface area contributed by atoms with Crippen LogP contribution in [0.1, 0.15) is 21.5 Å². The van der Waals surface area contributed by atoms with Crippen LogP contribution in [0.5, 0.6) is 5.75 Å². The first kappa shape index (κ1) is 20.2. The summed E-state index contributed by atoms with van der Waals surface area (Å²) in [5.41, 5.74) is 0.997. The summed E-state index contributed by atoms with van der Waals surface area (Å²) >= 11 is 0. The molecule has 0 bridgehead atoms. The Hall–Kier alpha value is -3.52. The number of rotatable bonds is 5. The Balaban J connectivity index is 2.07. The first-order chi connectivity index (χ1) is 13.7. The summed E-state index contributed by atoms with van der Waals surface area (Å²) in [4.78, 5) is 22.4. The summed E-state index contributed by atoms with van der Waals surface area (Å²) in [5, 5.41) is 11.3. The first-order valence-electron chi connectivity index (χ1n) is 8.58. The minimum Gasteiger partial charge on any atom is -0.423 e. The Morgan fingerprint density at radius 2 is 1.45 bits per heavy atom. The van der Waals surface area contributed by atoms with Crippen LogP contribution in [0.2, 0.25) is 0 Å². The monoisotopic (exact) mass is 411 g/mol. The number of aryl methyl sites for hydroxylation is 2. The molecule has 0 aliphatic carbocycles. The molecule has 0 unspecified atom stereocenters. The van der Waals surface area contributed by atoms with E-state index in [1.54, 1.807) is 12.1 Å². The van der Waals surface area contributed by atoms with Crippen molar-refractivity contribution in [2.45, 2.75) is 23.6 Å². The lowest BCUT2D eigenvalue weighted by atomic mass is 10.1. The van der Waals surface area contributed by atoms with Crippen molar-refractivity contribution in [1.29, 1.82) is 0 Å². The molecule has 3 aromatic carbocycles. The van der Waals surface area contributed by atoms with Gasteiger partial charge >= 0.3 is 5.97 Å². The van der Waals surface area contributed by atoms with Gasteiger partial charge in [0.25, 0.3) is 5.69 Å². The van der Waals surface area contributed by atoms with Crippen LogP contribution in [0.4, 0.5) is 5.69 Å². The molecule has 3 rings (SSSR count). The number of hydrogen-bond acceptors (Lipinski definition) is 6. The fourth-order valence-electron chi connectivity index (χ4n) is 2.98. The number of benzene rings is 3. The maximum Gasteiger partial charge on any atom is 0.344 e. The van der Waals surface area contributed by atoms with Crippen molar-refractivity contribution in [3.05, 3.63) is 93.5 Å². The van der Waals surface area contributed by atoms with Gasteiger partial charge in [-0.15, -0.1) is 0 Å². The van der Waals surface area contributed by atoms with E-state index < -0.39 is 31.3 Å². The largest absolute Gasteiger partial charge is 0.423 e.